The van der Waals surface area contributed by atoms with E-state index in [0.717, 1.165) is 19.5 Å². The van der Waals surface area contributed by atoms with Crippen LogP contribution in [0.25, 0.3) is 0 Å². The first-order valence-electron chi connectivity index (χ1n) is 5.52. The van der Waals surface area contributed by atoms with Crippen LogP contribution in [0.4, 0.5) is 4.39 Å². The van der Waals surface area contributed by atoms with Crippen molar-refractivity contribution >= 4 is 29.9 Å². The molecular formula is C12H15Cl2FN2O. The molecule has 1 N–H and O–H groups in total. The Labute approximate surface area is 117 Å². The Bertz CT molecular complexity index is 436. The van der Waals surface area contributed by atoms with Crippen molar-refractivity contribution in [2.45, 2.75) is 12.5 Å². The van der Waals surface area contributed by atoms with Crippen LogP contribution in [0.2, 0.25) is 5.02 Å². The van der Waals surface area contributed by atoms with Crippen LogP contribution in [-0.2, 0) is 0 Å². The lowest BCUT2D eigenvalue weighted by Crippen LogP contribution is -2.38. The van der Waals surface area contributed by atoms with Crippen LogP contribution < -0.4 is 5.32 Å². The van der Waals surface area contributed by atoms with E-state index in [2.05, 4.69) is 5.32 Å². The van der Waals surface area contributed by atoms with Crippen LogP contribution in [0.15, 0.2) is 18.2 Å². The largest absolute Gasteiger partial charge is 0.337 e. The van der Waals surface area contributed by atoms with E-state index >= 15 is 0 Å². The molecule has 2 rings (SSSR count). The number of carbonyl (C=O) groups excluding carboxylic acids is 1. The van der Waals surface area contributed by atoms with Gasteiger partial charge in [-0.2, -0.15) is 0 Å². The standard InChI is InChI=1S/C12H14ClFN2O.ClH/c1-16(9-4-5-15-7-9)12(17)8-2-3-11(14)10(13)6-8;/h2-3,6,9,15H,4-5,7H2,1H3;1H/t9-;/m1./s1. The molecule has 3 nitrogen and oxygen atoms in total. The van der Waals surface area contributed by atoms with Crippen LogP contribution in [0, 0.1) is 5.82 Å². The minimum absolute atomic E-state index is 0. The summed E-state index contributed by atoms with van der Waals surface area (Å²) in [5, 5.41) is 3.18. The lowest BCUT2D eigenvalue weighted by molar-refractivity contribution is 0.0743. The number of nitrogens with zero attached hydrogens (tertiary/aromatic N) is 1. The summed E-state index contributed by atoms with van der Waals surface area (Å²) >= 11 is 5.66. The number of nitrogens with one attached hydrogen (secondary N) is 1. The smallest absolute Gasteiger partial charge is 0.253 e. The molecule has 0 spiro atoms. The molecule has 1 amide bonds. The molecule has 0 unspecified atom stereocenters. The average molecular weight is 293 g/mol. The molecule has 1 aromatic rings. The van der Waals surface area contributed by atoms with E-state index in [9.17, 15) is 9.18 Å². The van der Waals surface area contributed by atoms with Crippen LogP contribution in [0.5, 0.6) is 0 Å². The van der Waals surface area contributed by atoms with Crippen LogP contribution in [-0.4, -0.2) is 37.0 Å². The summed E-state index contributed by atoms with van der Waals surface area (Å²) < 4.78 is 13.0. The summed E-state index contributed by atoms with van der Waals surface area (Å²) in [5.74, 6) is -0.631. The summed E-state index contributed by atoms with van der Waals surface area (Å²) in [6, 6.07) is 4.25. The summed E-state index contributed by atoms with van der Waals surface area (Å²) in [6.45, 7) is 1.73. The van der Waals surface area contributed by atoms with Gasteiger partial charge < -0.3 is 10.2 Å². The van der Waals surface area contributed by atoms with E-state index < -0.39 is 5.82 Å². The monoisotopic (exact) mass is 292 g/mol. The highest BCUT2D eigenvalue weighted by molar-refractivity contribution is 6.31. The van der Waals surface area contributed by atoms with E-state index in [4.69, 9.17) is 11.6 Å². The van der Waals surface area contributed by atoms with E-state index in [1.54, 1.807) is 11.9 Å². The SMILES string of the molecule is CN(C(=O)c1ccc(F)c(Cl)c1)[C@@H]1CCNC1.Cl. The van der Waals surface area contributed by atoms with Gasteiger partial charge in [-0.1, -0.05) is 11.6 Å². The molecule has 0 aliphatic carbocycles. The molecule has 100 valence electrons. The molecule has 1 aliphatic rings. The Hall–Kier alpha value is -0.840. The second kappa shape index (κ2) is 6.36. The molecule has 1 aliphatic heterocycles. The van der Waals surface area contributed by atoms with Crippen LogP contribution >= 0.6 is 24.0 Å². The molecule has 18 heavy (non-hydrogen) atoms. The van der Waals surface area contributed by atoms with Crippen LogP contribution in [0.3, 0.4) is 0 Å². The highest BCUT2D eigenvalue weighted by atomic mass is 35.5. The fraction of sp³-hybridized carbons (Fsp3) is 0.417. The van der Waals surface area contributed by atoms with Gasteiger partial charge in [0.15, 0.2) is 0 Å². The molecule has 1 heterocycles. The molecule has 0 bridgehead atoms. The van der Waals surface area contributed by atoms with Gasteiger partial charge in [0.05, 0.1) is 5.02 Å². The van der Waals surface area contributed by atoms with E-state index in [1.807, 2.05) is 0 Å². The molecule has 0 radical (unpaired) electrons. The van der Waals surface area contributed by atoms with Crippen molar-refractivity contribution in [3.8, 4) is 0 Å². The maximum Gasteiger partial charge on any atom is 0.253 e. The normalized spacial score (nSPS) is 18.3. The predicted octanol–water partition coefficient (Wildman–Crippen LogP) is 2.33. The van der Waals surface area contributed by atoms with Crippen molar-refractivity contribution < 1.29 is 9.18 Å². The predicted molar refractivity (Wildman–Crippen MR) is 72.0 cm³/mol. The van der Waals surface area contributed by atoms with Gasteiger partial charge in [0, 0.05) is 25.2 Å². The maximum atomic E-state index is 13.0. The Balaban J connectivity index is 0.00000162. The van der Waals surface area contributed by atoms with Crippen molar-refractivity contribution in [2.24, 2.45) is 0 Å². The van der Waals surface area contributed by atoms with Gasteiger partial charge in [0.2, 0.25) is 0 Å². The maximum absolute atomic E-state index is 13.0. The lowest BCUT2D eigenvalue weighted by atomic mass is 10.1. The first-order chi connectivity index (χ1) is 8.09. The Morgan fingerprint density at radius 2 is 2.28 bits per heavy atom. The van der Waals surface area contributed by atoms with Crippen molar-refractivity contribution in [2.75, 3.05) is 20.1 Å². The molecule has 0 saturated carbocycles. The number of benzene rings is 1. The average Bonchev–Trinajstić information content (AvgIpc) is 2.84. The summed E-state index contributed by atoms with van der Waals surface area (Å²) in [6.07, 6.45) is 0.942. The molecular weight excluding hydrogens is 278 g/mol. The minimum Gasteiger partial charge on any atom is -0.337 e. The van der Waals surface area contributed by atoms with Gasteiger partial charge in [-0.15, -0.1) is 12.4 Å². The zero-order valence-corrected chi connectivity index (χ0v) is 11.5. The number of carbonyl (C=O) groups is 1. The van der Waals surface area contributed by atoms with Gasteiger partial charge >= 0.3 is 0 Å². The molecule has 1 saturated heterocycles. The van der Waals surface area contributed by atoms with Crippen molar-refractivity contribution in [1.82, 2.24) is 10.2 Å². The summed E-state index contributed by atoms with van der Waals surface area (Å²) in [5.41, 5.74) is 0.422. The topological polar surface area (TPSA) is 32.3 Å². The van der Waals surface area contributed by atoms with Crippen LogP contribution in [0.1, 0.15) is 16.8 Å². The van der Waals surface area contributed by atoms with Gasteiger partial charge in [0.1, 0.15) is 5.82 Å². The Morgan fingerprint density at radius 3 is 2.83 bits per heavy atom. The van der Waals surface area contributed by atoms with E-state index in [0.29, 0.717) is 5.56 Å². The first kappa shape index (κ1) is 15.2. The highest BCUT2D eigenvalue weighted by Crippen LogP contribution is 2.18. The zero-order valence-electron chi connectivity index (χ0n) is 9.95. The van der Waals surface area contributed by atoms with Gasteiger partial charge in [-0.3, -0.25) is 4.79 Å². The van der Waals surface area contributed by atoms with Gasteiger partial charge in [0.25, 0.3) is 5.91 Å². The number of likely N-dealkylation sites (N-methyl/N-ethyl adjacent to an activating group) is 1. The Morgan fingerprint density at radius 1 is 1.56 bits per heavy atom. The van der Waals surface area contributed by atoms with E-state index in [-0.39, 0.29) is 29.4 Å². The van der Waals surface area contributed by atoms with Crippen molar-refractivity contribution in [3.05, 3.63) is 34.6 Å². The molecule has 6 heteroatoms. The molecule has 1 aromatic carbocycles. The quantitative estimate of drug-likeness (QED) is 0.907. The zero-order chi connectivity index (χ0) is 12.4. The van der Waals surface area contributed by atoms with Gasteiger partial charge in [-0.05, 0) is 31.2 Å². The van der Waals surface area contributed by atoms with Crippen molar-refractivity contribution in [1.29, 1.82) is 0 Å². The number of hydrogen-bond acceptors (Lipinski definition) is 2. The molecule has 0 aromatic heterocycles. The van der Waals surface area contributed by atoms with Crippen molar-refractivity contribution in [3.63, 3.8) is 0 Å². The number of hydrogen-bond donors (Lipinski definition) is 1. The highest BCUT2D eigenvalue weighted by Gasteiger charge is 2.24. The minimum atomic E-state index is -0.506. The molecule has 1 atom stereocenters. The van der Waals surface area contributed by atoms with E-state index in [1.165, 1.54) is 18.2 Å². The summed E-state index contributed by atoms with van der Waals surface area (Å²) in [4.78, 5) is 13.8. The Kier molecular flexibility index (Phi) is 5.38. The third-order valence-corrected chi connectivity index (χ3v) is 3.36. The fourth-order valence-corrected chi connectivity index (χ4v) is 2.15. The first-order valence-corrected chi connectivity index (χ1v) is 5.90. The third-order valence-electron chi connectivity index (χ3n) is 3.07. The molecule has 1 fully saturated rings. The third kappa shape index (κ3) is 3.13. The second-order valence-corrected chi connectivity index (χ2v) is 4.60. The number of rotatable bonds is 2. The van der Waals surface area contributed by atoms with Gasteiger partial charge in [-0.25, -0.2) is 4.39 Å². The second-order valence-electron chi connectivity index (χ2n) is 4.19. The fourth-order valence-electron chi connectivity index (χ4n) is 1.97. The summed E-state index contributed by atoms with van der Waals surface area (Å²) in [7, 11) is 1.76. The lowest BCUT2D eigenvalue weighted by Gasteiger charge is -2.23. The number of amides is 1. The number of halogens is 3.